The third-order valence-electron chi connectivity index (χ3n) is 2.89. The van der Waals surface area contributed by atoms with E-state index < -0.39 is 22.5 Å². The molecule has 4 nitrogen and oxygen atoms in total. The van der Waals surface area contributed by atoms with Gasteiger partial charge in [0.1, 0.15) is 6.61 Å². The van der Waals surface area contributed by atoms with Crippen molar-refractivity contribution in [3.8, 4) is 0 Å². The van der Waals surface area contributed by atoms with E-state index in [1.807, 2.05) is 6.92 Å². The zero-order valence-electron chi connectivity index (χ0n) is 11.5. The number of rotatable bonds is 5. The van der Waals surface area contributed by atoms with Gasteiger partial charge in [-0.25, -0.2) is 0 Å². The van der Waals surface area contributed by atoms with Gasteiger partial charge in [0.25, 0.3) is 10.1 Å². The SMILES string of the molecule is Cc1ccc(S(=O)(=O)OCC(=O)c2ccc(Cl)cc2Cl)cc1. The number of Topliss-reactive ketones (excluding diaryl/α,β-unsaturated/α-hetero) is 1. The predicted octanol–water partition coefficient (Wildman–Crippen LogP) is 3.89. The molecule has 0 N–H and O–H groups in total. The fourth-order valence-electron chi connectivity index (χ4n) is 1.70. The number of aryl methyl sites for hydroxylation is 1. The number of hydrogen-bond acceptors (Lipinski definition) is 4. The minimum absolute atomic E-state index is 0.00639. The lowest BCUT2D eigenvalue weighted by Crippen LogP contribution is -2.15. The van der Waals surface area contributed by atoms with Crippen LogP contribution in [0.4, 0.5) is 0 Å². The summed E-state index contributed by atoms with van der Waals surface area (Å²) in [6.45, 7) is 1.21. The van der Waals surface area contributed by atoms with Crippen LogP contribution in [-0.4, -0.2) is 20.8 Å². The van der Waals surface area contributed by atoms with Gasteiger partial charge in [-0.1, -0.05) is 40.9 Å². The maximum Gasteiger partial charge on any atom is 0.297 e. The first-order chi connectivity index (χ1) is 10.3. The van der Waals surface area contributed by atoms with Gasteiger partial charge < -0.3 is 0 Å². The molecule has 0 aliphatic heterocycles. The first-order valence-corrected chi connectivity index (χ1v) is 8.40. The fourth-order valence-corrected chi connectivity index (χ4v) is 3.08. The van der Waals surface area contributed by atoms with E-state index in [1.54, 1.807) is 12.1 Å². The molecule has 0 spiro atoms. The van der Waals surface area contributed by atoms with Crippen molar-refractivity contribution in [2.24, 2.45) is 0 Å². The molecule has 22 heavy (non-hydrogen) atoms. The predicted molar refractivity (Wildman–Crippen MR) is 85.1 cm³/mol. The van der Waals surface area contributed by atoms with Crippen LogP contribution in [0.1, 0.15) is 15.9 Å². The van der Waals surface area contributed by atoms with Crippen LogP contribution < -0.4 is 0 Å². The van der Waals surface area contributed by atoms with Crippen LogP contribution in [0.2, 0.25) is 10.0 Å². The van der Waals surface area contributed by atoms with Gasteiger partial charge in [0.2, 0.25) is 0 Å². The molecule has 7 heteroatoms. The number of carbonyl (C=O) groups is 1. The van der Waals surface area contributed by atoms with Gasteiger partial charge in [0, 0.05) is 10.6 Å². The molecule has 0 heterocycles. The van der Waals surface area contributed by atoms with Crippen molar-refractivity contribution in [1.29, 1.82) is 0 Å². The second-order valence-corrected chi connectivity index (χ2v) is 7.04. The van der Waals surface area contributed by atoms with Crippen LogP contribution in [-0.2, 0) is 14.3 Å². The quantitative estimate of drug-likeness (QED) is 0.600. The van der Waals surface area contributed by atoms with Crippen LogP contribution in [0.15, 0.2) is 47.4 Å². The van der Waals surface area contributed by atoms with Gasteiger partial charge in [-0.05, 0) is 37.3 Å². The Morgan fingerprint density at radius 3 is 2.32 bits per heavy atom. The molecular formula is C15H12Cl2O4S. The van der Waals surface area contributed by atoms with E-state index in [1.165, 1.54) is 30.3 Å². The molecular weight excluding hydrogens is 347 g/mol. The maximum atomic E-state index is 12.0. The number of halogens is 2. The second kappa shape index (κ2) is 6.79. The molecule has 0 unspecified atom stereocenters. The normalized spacial score (nSPS) is 11.4. The summed E-state index contributed by atoms with van der Waals surface area (Å²) < 4.78 is 28.8. The molecule has 0 fully saturated rings. The van der Waals surface area contributed by atoms with Crippen LogP contribution in [0.25, 0.3) is 0 Å². The van der Waals surface area contributed by atoms with E-state index in [0.717, 1.165) is 5.56 Å². The van der Waals surface area contributed by atoms with Gasteiger partial charge in [-0.3, -0.25) is 8.98 Å². The van der Waals surface area contributed by atoms with Crippen LogP contribution >= 0.6 is 23.2 Å². The molecule has 2 aromatic rings. The number of benzene rings is 2. The Kier molecular flexibility index (Phi) is 5.24. The van der Waals surface area contributed by atoms with Gasteiger partial charge in [-0.2, -0.15) is 8.42 Å². The summed E-state index contributed by atoms with van der Waals surface area (Å²) in [5.74, 6) is -0.544. The summed E-state index contributed by atoms with van der Waals surface area (Å²) in [6.07, 6.45) is 0. The average molecular weight is 359 g/mol. The van der Waals surface area contributed by atoms with E-state index in [-0.39, 0.29) is 15.5 Å². The maximum absolute atomic E-state index is 12.0. The van der Waals surface area contributed by atoms with E-state index in [0.29, 0.717) is 5.02 Å². The average Bonchev–Trinajstić information content (AvgIpc) is 2.45. The van der Waals surface area contributed by atoms with E-state index in [2.05, 4.69) is 0 Å². The summed E-state index contributed by atoms with van der Waals surface area (Å²) in [4.78, 5) is 12.0. The number of carbonyl (C=O) groups excluding carboxylic acids is 1. The van der Waals surface area contributed by atoms with Crippen molar-refractivity contribution in [1.82, 2.24) is 0 Å². The highest BCUT2D eigenvalue weighted by Gasteiger charge is 2.19. The number of hydrogen-bond donors (Lipinski definition) is 0. The van der Waals surface area contributed by atoms with E-state index in [4.69, 9.17) is 27.4 Å². The molecule has 0 saturated carbocycles. The highest BCUT2D eigenvalue weighted by atomic mass is 35.5. The molecule has 116 valence electrons. The Morgan fingerprint density at radius 1 is 1.09 bits per heavy atom. The van der Waals surface area contributed by atoms with Gasteiger partial charge in [-0.15, -0.1) is 0 Å². The standard InChI is InChI=1S/C15H12Cl2O4S/c1-10-2-5-12(6-3-10)22(19,20)21-9-15(18)13-7-4-11(16)8-14(13)17/h2-8H,9H2,1H3. The monoisotopic (exact) mass is 358 g/mol. The van der Waals surface area contributed by atoms with Crippen molar-refractivity contribution < 1.29 is 17.4 Å². The molecule has 0 amide bonds. The largest absolute Gasteiger partial charge is 0.297 e. The summed E-state index contributed by atoms with van der Waals surface area (Å²) in [5.41, 5.74) is 1.08. The summed E-state index contributed by atoms with van der Waals surface area (Å²) in [7, 11) is -3.99. The minimum Gasteiger partial charge on any atom is -0.291 e. The molecule has 2 aromatic carbocycles. The van der Waals surface area contributed by atoms with Crippen molar-refractivity contribution in [3.05, 3.63) is 63.6 Å². The Balaban J connectivity index is 2.11. The highest BCUT2D eigenvalue weighted by Crippen LogP contribution is 2.22. The number of ketones is 1. The van der Waals surface area contributed by atoms with Gasteiger partial charge >= 0.3 is 0 Å². The molecule has 0 atom stereocenters. The topological polar surface area (TPSA) is 60.4 Å². The Labute approximate surface area is 138 Å². The third kappa shape index (κ3) is 4.08. The van der Waals surface area contributed by atoms with Gasteiger partial charge in [0.05, 0.1) is 9.92 Å². The van der Waals surface area contributed by atoms with Crippen LogP contribution in [0, 0.1) is 6.92 Å². The zero-order valence-corrected chi connectivity index (χ0v) is 13.9. The lowest BCUT2D eigenvalue weighted by molar-refractivity contribution is 0.0925. The van der Waals surface area contributed by atoms with Crippen molar-refractivity contribution in [3.63, 3.8) is 0 Å². The summed E-state index contributed by atoms with van der Waals surface area (Å²) >= 11 is 11.6. The highest BCUT2D eigenvalue weighted by molar-refractivity contribution is 7.86. The van der Waals surface area contributed by atoms with Crippen LogP contribution in [0.3, 0.4) is 0 Å². The smallest absolute Gasteiger partial charge is 0.291 e. The van der Waals surface area contributed by atoms with Crippen molar-refractivity contribution in [2.45, 2.75) is 11.8 Å². The van der Waals surface area contributed by atoms with E-state index in [9.17, 15) is 13.2 Å². The minimum atomic E-state index is -3.99. The zero-order chi connectivity index (χ0) is 16.3. The molecule has 2 rings (SSSR count). The Hall–Kier alpha value is -1.40. The summed E-state index contributed by atoms with van der Waals surface area (Å²) in [5, 5.41) is 0.531. The lowest BCUT2D eigenvalue weighted by atomic mass is 10.1. The Morgan fingerprint density at radius 2 is 1.73 bits per heavy atom. The molecule has 0 saturated heterocycles. The van der Waals surface area contributed by atoms with Crippen LogP contribution in [0.5, 0.6) is 0 Å². The van der Waals surface area contributed by atoms with Gasteiger partial charge in [0.15, 0.2) is 5.78 Å². The first kappa shape index (κ1) is 17.0. The van der Waals surface area contributed by atoms with E-state index >= 15 is 0 Å². The first-order valence-electron chi connectivity index (χ1n) is 6.24. The summed E-state index contributed by atoms with van der Waals surface area (Å²) in [6, 6.07) is 10.5. The Bertz CT molecular complexity index is 799. The molecule has 0 aromatic heterocycles. The third-order valence-corrected chi connectivity index (χ3v) is 4.71. The van der Waals surface area contributed by atoms with Crippen molar-refractivity contribution in [2.75, 3.05) is 6.61 Å². The van der Waals surface area contributed by atoms with Crippen molar-refractivity contribution >= 4 is 39.1 Å². The molecule has 0 bridgehead atoms. The lowest BCUT2D eigenvalue weighted by Gasteiger charge is -2.07. The molecule has 0 aliphatic carbocycles. The molecule has 0 radical (unpaired) electrons. The fraction of sp³-hybridized carbons (Fsp3) is 0.133. The second-order valence-electron chi connectivity index (χ2n) is 4.58. The molecule has 0 aliphatic rings.